The molecule has 0 radical (unpaired) electrons. The average Bonchev–Trinajstić information content (AvgIpc) is 3.41. The van der Waals surface area contributed by atoms with Crippen molar-refractivity contribution in [2.45, 2.75) is 25.2 Å². The van der Waals surface area contributed by atoms with Gasteiger partial charge >= 0.3 is 0 Å². The summed E-state index contributed by atoms with van der Waals surface area (Å²) in [6, 6.07) is 6.09. The molecule has 1 saturated carbocycles. The highest BCUT2D eigenvalue weighted by atomic mass is 16.6. The third-order valence-electron chi connectivity index (χ3n) is 5.36. The Morgan fingerprint density at radius 2 is 1.91 bits per heavy atom. The summed E-state index contributed by atoms with van der Waals surface area (Å²) >= 11 is 0. The van der Waals surface area contributed by atoms with E-state index in [1.165, 1.54) is 5.56 Å². The van der Waals surface area contributed by atoms with Crippen LogP contribution in [0.4, 0.5) is 0 Å². The van der Waals surface area contributed by atoms with Crippen LogP contribution >= 0.6 is 0 Å². The maximum absolute atomic E-state index is 12.7. The minimum absolute atomic E-state index is 0.145. The third kappa shape index (κ3) is 2.90. The maximum atomic E-state index is 12.7. The van der Waals surface area contributed by atoms with E-state index in [0.717, 1.165) is 50.4 Å². The van der Waals surface area contributed by atoms with Gasteiger partial charge in [-0.1, -0.05) is 6.07 Å². The van der Waals surface area contributed by atoms with Crippen molar-refractivity contribution in [1.82, 2.24) is 4.90 Å². The van der Waals surface area contributed by atoms with Gasteiger partial charge in [-0.25, -0.2) is 0 Å². The highest BCUT2D eigenvalue weighted by Gasteiger charge is 2.46. The van der Waals surface area contributed by atoms with Gasteiger partial charge < -0.3 is 20.1 Å². The van der Waals surface area contributed by atoms with Gasteiger partial charge in [0, 0.05) is 19.0 Å². The number of nitrogens with zero attached hydrogens (tertiary/aromatic N) is 1. The molecular weight excluding hydrogens is 292 g/mol. The Hall–Kier alpha value is -1.75. The Morgan fingerprint density at radius 3 is 2.65 bits per heavy atom. The fraction of sp³-hybridized carbons (Fsp3) is 0.611. The molecule has 1 saturated heterocycles. The van der Waals surface area contributed by atoms with E-state index in [1.807, 2.05) is 17.0 Å². The first-order chi connectivity index (χ1) is 11.3. The fourth-order valence-electron chi connectivity index (χ4n) is 3.75. The van der Waals surface area contributed by atoms with E-state index in [1.54, 1.807) is 0 Å². The Bertz CT molecular complexity index is 596. The number of likely N-dealkylation sites (tertiary alicyclic amines) is 1. The fourth-order valence-corrected chi connectivity index (χ4v) is 3.75. The summed E-state index contributed by atoms with van der Waals surface area (Å²) in [6.07, 6.45) is 3.04. The molecule has 1 amide bonds. The minimum atomic E-state index is 0.145. The Balaban J connectivity index is 1.39. The van der Waals surface area contributed by atoms with E-state index in [4.69, 9.17) is 15.2 Å². The van der Waals surface area contributed by atoms with E-state index < -0.39 is 0 Å². The van der Waals surface area contributed by atoms with Gasteiger partial charge in [0.2, 0.25) is 5.91 Å². The number of amides is 1. The summed E-state index contributed by atoms with van der Waals surface area (Å²) < 4.78 is 11.2. The quantitative estimate of drug-likeness (QED) is 0.923. The second kappa shape index (κ2) is 6.04. The van der Waals surface area contributed by atoms with E-state index in [2.05, 4.69) is 6.07 Å². The number of carbonyl (C=O) groups is 1. The van der Waals surface area contributed by atoms with Crippen LogP contribution in [0.2, 0.25) is 0 Å². The number of hydrogen-bond donors (Lipinski definition) is 1. The number of nitrogens with two attached hydrogens (primary N) is 1. The van der Waals surface area contributed by atoms with Gasteiger partial charge in [-0.05, 0) is 55.3 Å². The molecule has 1 aromatic rings. The van der Waals surface area contributed by atoms with Crippen molar-refractivity contribution in [3.63, 3.8) is 0 Å². The predicted molar refractivity (Wildman–Crippen MR) is 86.6 cm³/mol. The Kier molecular flexibility index (Phi) is 3.89. The third-order valence-corrected chi connectivity index (χ3v) is 5.36. The van der Waals surface area contributed by atoms with Gasteiger partial charge in [-0.15, -0.1) is 0 Å². The van der Waals surface area contributed by atoms with Crippen LogP contribution in [0.25, 0.3) is 0 Å². The predicted octanol–water partition coefficient (Wildman–Crippen LogP) is 1.76. The largest absolute Gasteiger partial charge is 0.486 e. The molecule has 0 bridgehead atoms. The van der Waals surface area contributed by atoms with Gasteiger partial charge in [-0.3, -0.25) is 4.79 Å². The monoisotopic (exact) mass is 316 g/mol. The first-order valence-corrected chi connectivity index (χ1v) is 8.64. The molecular formula is C18H24N2O3. The lowest BCUT2D eigenvalue weighted by Gasteiger charge is -2.31. The van der Waals surface area contributed by atoms with Gasteiger partial charge in [0.25, 0.3) is 0 Å². The molecule has 1 aromatic carbocycles. The number of ether oxygens (including phenoxy) is 2. The summed E-state index contributed by atoms with van der Waals surface area (Å²) in [6.45, 7) is 3.68. The number of carbonyl (C=O) groups excluding carboxylic acids is 1. The van der Waals surface area contributed by atoms with Crippen LogP contribution in [-0.4, -0.2) is 43.7 Å². The molecule has 2 N–H and O–H groups in total. The van der Waals surface area contributed by atoms with Crippen molar-refractivity contribution in [2.75, 3.05) is 32.8 Å². The SMILES string of the molecule is NCC1CCN(C(=O)C2CC2c2ccc3c(c2)OCCO3)CC1. The number of fused-ring (bicyclic) bond motifs is 1. The van der Waals surface area contributed by atoms with Gasteiger partial charge in [0.1, 0.15) is 13.2 Å². The van der Waals surface area contributed by atoms with Crippen molar-refractivity contribution in [1.29, 1.82) is 0 Å². The van der Waals surface area contributed by atoms with Crippen LogP contribution in [0.5, 0.6) is 11.5 Å². The molecule has 5 heteroatoms. The smallest absolute Gasteiger partial charge is 0.226 e. The molecule has 3 aliphatic rings. The van der Waals surface area contributed by atoms with Gasteiger partial charge in [0.05, 0.1) is 0 Å². The van der Waals surface area contributed by atoms with Crippen LogP contribution in [0, 0.1) is 11.8 Å². The zero-order valence-corrected chi connectivity index (χ0v) is 13.4. The first-order valence-electron chi connectivity index (χ1n) is 8.64. The van der Waals surface area contributed by atoms with E-state index in [9.17, 15) is 4.79 Å². The molecule has 0 spiro atoms. The van der Waals surface area contributed by atoms with Crippen LogP contribution in [0.1, 0.15) is 30.7 Å². The zero-order valence-electron chi connectivity index (χ0n) is 13.4. The lowest BCUT2D eigenvalue weighted by Crippen LogP contribution is -2.41. The molecule has 2 fully saturated rings. The molecule has 0 aromatic heterocycles. The standard InChI is InChI=1S/C18H24N2O3/c19-11-12-3-5-20(6-4-12)18(21)15-10-14(15)13-1-2-16-17(9-13)23-8-7-22-16/h1-2,9,12,14-15H,3-8,10-11,19H2. The van der Waals surface area contributed by atoms with Crippen molar-refractivity contribution in [2.24, 2.45) is 17.6 Å². The summed E-state index contributed by atoms with van der Waals surface area (Å²) in [7, 11) is 0. The second-order valence-electron chi connectivity index (χ2n) is 6.86. The molecule has 4 rings (SSSR count). The molecule has 2 aliphatic heterocycles. The summed E-state index contributed by atoms with van der Waals surface area (Å²) in [5.41, 5.74) is 6.92. The Labute approximate surface area is 136 Å². The van der Waals surface area contributed by atoms with Crippen LogP contribution < -0.4 is 15.2 Å². The maximum Gasteiger partial charge on any atom is 0.226 e. The number of piperidine rings is 1. The van der Waals surface area contributed by atoms with Crippen LogP contribution in [0.3, 0.4) is 0 Å². The van der Waals surface area contributed by atoms with E-state index >= 15 is 0 Å². The van der Waals surface area contributed by atoms with Crippen LogP contribution in [0.15, 0.2) is 18.2 Å². The minimum Gasteiger partial charge on any atom is -0.486 e. The summed E-state index contributed by atoms with van der Waals surface area (Å²) in [5, 5.41) is 0. The highest BCUT2D eigenvalue weighted by Crippen LogP contribution is 2.50. The number of rotatable bonds is 3. The molecule has 1 aliphatic carbocycles. The van der Waals surface area contributed by atoms with E-state index in [-0.39, 0.29) is 5.92 Å². The zero-order chi connectivity index (χ0) is 15.8. The first kappa shape index (κ1) is 14.8. The topological polar surface area (TPSA) is 64.8 Å². The molecule has 2 atom stereocenters. The van der Waals surface area contributed by atoms with Crippen molar-refractivity contribution < 1.29 is 14.3 Å². The van der Waals surface area contributed by atoms with Crippen molar-refractivity contribution in [3.05, 3.63) is 23.8 Å². The molecule has 2 unspecified atom stereocenters. The molecule has 23 heavy (non-hydrogen) atoms. The average molecular weight is 316 g/mol. The normalized spacial score (nSPS) is 26.9. The molecule has 2 heterocycles. The van der Waals surface area contributed by atoms with Crippen LogP contribution in [-0.2, 0) is 4.79 Å². The number of benzene rings is 1. The lowest BCUT2D eigenvalue weighted by molar-refractivity contribution is -0.134. The molecule has 124 valence electrons. The van der Waals surface area contributed by atoms with Crippen molar-refractivity contribution >= 4 is 5.91 Å². The Morgan fingerprint density at radius 1 is 1.17 bits per heavy atom. The summed E-state index contributed by atoms with van der Waals surface area (Å²) in [5.74, 6) is 3.02. The van der Waals surface area contributed by atoms with Gasteiger partial charge in [0.15, 0.2) is 11.5 Å². The summed E-state index contributed by atoms with van der Waals surface area (Å²) in [4.78, 5) is 14.7. The lowest BCUT2D eigenvalue weighted by atomic mass is 9.96. The highest BCUT2D eigenvalue weighted by molar-refractivity contribution is 5.83. The second-order valence-corrected chi connectivity index (χ2v) is 6.86. The molecule has 5 nitrogen and oxygen atoms in total. The van der Waals surface area contributed by atoms with E-state index in [0.29, 0.717) is 31.0 Å². The number of hydrogen-bond acceptors (Lipinski definition) is 4. The van der Waals surface area contributed by atoms with Gasteiger partial charge in [-0.2, -0.15) is 0 Å². The van der Waals surface area contributed by atoms with Crippen molar-refractivity contribution in [3.8, 4) is 11.5 Å².